The number of rotatable bonds is 4. The van der Waals surface area contributed by atoms with Crippen LogP contribution in [0.3, 0.4) is 0 Å². The van der Waals surface area contributed by atoms with Crippen LogP contribution in [0.25, 0.3) is 0 Å². The van der Waals surface area contributed by atoms with Crippen LogP contribution in [0.1, 0.15) is 24.5 Å². The lowest BCUT2D eigenvalue weighted by atomic mass is 9.80. The fraction of sp³-hybridized carbons (Fsp3) is 0.500. The summed E-state index contributed by atoms with van der Waals surface area (Å²) >= 11 is 7.27. The quantitative estimate of drug-likeness (QED) is 0.720. The molecule has 0 bridgehead atoms. The molecule has 1 rings (SSSR count). The van der Waals surface area contributed by atoms with Gasteiger partial charge in [0.25, 0.3) is 0 Å². The third-order valence-electron chi connectivity index (χ3n) is 2.90. The summed E-state index contributed by atoms with van der Waals surface area (Å²) < 4.78 is 0. The number of alkyl halides is 2. The van der Waals surface area contributed by atoms with E-state index in [9.17, 15) is 0 Å². The molecule has 0 N–H and O–H groups in total. The Bertz CT molecular complexity index is 282. The van der Waals surface area contributed by atoms with Gasteiger partial charge in [-0.3, -0.25) is 0 Å². The third kappa shape index (κ3) is 2.22. The van der Waals surface area contributed by atoms with Crippen molar-refractivity contribution in [2.24, 2.45) is 0 Å². The van der Waals surface area contributed by atoms with Gasteiger partial charge in [-0.1, -0.05) is 63.0 Å². The molecule has 0 aromatic heterocycles. The van der Waals surface area contributed by atoms with Crippen molar-refractivity contribution >= 4 is 31.9 Å². The van der Waals surface area contributed by atoms with E-state index in [4.69, 9.17) is 0 Å². The van der Waals surface area contributed by atoms with E-state index in [0.717, 1.165) is 17.1 Å². The molecule has 0 radical (unpaired) electrons. The van der Waals surface area contributed by atoms with Gasteiger partial charge in [0.15, 0.2) is 0 Å². The zero-order valence-corrected chi connectivity index (χ0v) is 11.9. The molecular weight excluding hydrogens is 304 g/mol. The van der Waals surface area contributed by atoms with Gasteiger partial charge in [0.2, 0.25) is 0 Å². The van der Waals surface area contributed by atoms with Crippen LogP contribution in [0, 0.1) is 6.92 Å². The minimum absolute atomic E-state index is 0.241. The second-order valence-electron chi connectivity index (χ2n) is 3.72. The maximum absolute atomic E-state index is 3.63. The van der Waals surface area contributed by atoms with E-state index >= 15 is 0 Å². The Labute approximate surface area is 103 Å². The Balaban J connectivity index is 3.17. The minimum atomic E-state index is 0.241. The van der Waals surface area contributed by atoms with Crippen LogP contribution >= 0.6 is 31.9 Å². The van der Waals surface area contributed by atoms with Crippen LogP contribution in [0.15, 0.2) is 24.3 Å². The predicted octanol–water partition coefficient (Wildman–Crippen LogP) is 4.43. The number of hydrogen-bond donors (Lipinski definition) is 0. The lowest BCUT2D eigenvalue weighted by Gasteiger charge is -2.30. The summed E-state index contributed by atoms with van der Waals surface area (Å²) in [5, 5.41) is 2.01. The summed E-state index contributed by atoms with van der Waals surface area (Å²) in [6.07, 6.45) is 1.15. The minimum Gasteiger partial charge on any atom is -0.0918 e. The molecule has 0 saturated heterocycles. The van der Waals surface area contributed by atoms with Crippen molar-refractivity contribution < 1.29 is 0 Å². The van der Waals surface area contributed by atoms with Crippen molar-refractivity contribution in [3.05, 3.63) is 35.4 Å². The average Bonchev–Trinajstić information content (AvgIpc) is 2.24. The van der Waals surface area contributed by atoms with E-state index in [2.05, 4.69) is 70.0 Å². The summed E-state index contributed by atoms with van der Waals surface area (Å²) in [4.78, 5) is 0. The van der Waals surface area contributed by atoms with E-state index in [1.807, 2.05) is 0 Å². The topological polar surface area (TPSA) is 0 Å². The van der Waals surface area contributed by atoms with Crippen LogP contribution in [-0.4, -0.2) is 10.7 Å². The molecule has 2 heteroatoms. The van der Waals surface area contributed by atoms with Gasteiger partial charge in [-0.2, -0.15) is 0 Å². The Morgan fingerprint density at radius 2 is 1.71 bits per heavy atom. The van der Waals surface area contributed by atoms with Gasteiger partial charge in [0.1, 0.15) is 0 Å². The Morgan fingerprint density at radius 1 is 1.14 bits per heavy atom. The van der Waals surface area contributed by atoms with Gasteiger partial charge >= 0.3 is 0 Å². The first-order chi connectivity index (χ1) is 6.70. The second kappa shape index (κ2) is 5.32. The van der Waals surface area contributed by atoms with Gasteiger partial charge in [-0.05, 0) is 24.5 Å². The van der Waals surface area contributed by atoms with E-state index in [1.54, 1.807) is 0 Å². The van der Waals surface area contributed by atoms with Gasteiger partial charge in [0, 0.05) is 16.1 Å². The first-order valence-corrected chi connectivity index (χ1v) is 7.12. The maximum Gasteiger partial charge on any atom is 0.0147 e. The van der Waals surface area contributed by atoms with Crippen molar-refractivity contribution in [3.63, 3.8) is 0 Å². The summed E-state index contributed by atoms with van der Waals surface area (Å²) in [7, 11) is 0. The van der Waals surface area contributed by atoms with Crippen LogP contribution in [0.4, 0.5) is 0 Å². The molecule has 0 aliphatic carbocycles. The summed E-state index contributed by atoms with van der Waals surface area (Å²) in [6, 6.07) is 8.65. The maximum atomic E-state index is 3.63. The molecule has 0 saturated carbocycles. The predicted molar refractivity (Wildman–Crippen MR) is 70.7 cm³/mol. The zero-order valence-electron chi connectivity index (χ0n) is 8.69. The molecular formula is C12H16Br2. The summed E-state index contributed by atoms with van der Waals surface area (Å²) in [5.41, 5.74) is 3.08. The van der Waals surface area contributed by atoms with Gasteiger partial charge in [-0.15, -0.1) is 0 Å². The van der Waals surface area contributed by atoms with E-state index in [1.165, 1.54) is 11.1 Å². The number of hydrogen-bond acceptors (Lipinski definition) is 0. The van der Waals surface area contributed by atoms with Crippen LogP contribution in [-0.2, 0) is 5.41 Å². The normalized spacial score (nSPS) is 11.7. The highest BCUT2D eigenvalue weighted by Gasteiger charge is 2.28. The summed E-state index contributed by atoms with van der Waals surface area (Å²) in [6.45, 7) is 4.43. The molecule has 1 aromatic carbocycles. The molecule has 14 heavy (non-hydrogen) atoms. The Hall–Kier alpha value is 0.180. The van der Waals surface area contributed by atoms with E-state index < -0.39 is 0 Å². The molecule has 0 aliphatic rings. The number of halogens is 2. The number of aryl methyl sites for hydroxylation is 1. The Kier molecular flexibility index (Phi) is 4.65. The highest BCUT2D eigenvalue weighted by Crippen LogP contribution is 2.34. The number of benzene rings is 1. The highest BCUT2D eigenvalue weighted by molar-refractivity contribution is 9.09. The van der Waals surface area contributed by atoms with Crippen LogP contribution in [0.2, 0.25) is 0 Å². The zero-order chi connectivity index (χ0) is 10.6. The molecule has 0 heterocycles. The molecule has 0 spiro atoms. The van der Waals surface area contributed by atoms with Gasteiger partial charge in [0.05, 0.1) is 0 Å². The average molecular weight is 320 g/mol. The lowest BCUT2D eigenvalue weighted by Crippen LogP contribution is -2.30. The standard InChI is InChI=1S/C12H16Br2/c1-3-12(8-13,9-14)11-7-5-4-6-10(11)2/h4-7H,3,8-9H2,1-2H3. The molecule has 0 fully saturated rings. The van der Waals surface area contributed by atoms with Crippen LogP contribution < -0.4 is 0 Å². The van der Waals surface area contributed by atoms with Crippen molar-refractivity contribution in [2.75, 3.05) is 10.7 Å². The lowest BCUT2D eigenvalue weighted by molar-refractivity contribution is 0.531. The van der Waals surface area contributed by atoms with Crippen molar-refractivity contribution in [2.45, 2.75) is 25.7 Å². The molecule has 0 atom stereocenters. The van der Waals surface area contributed by atoms with Gasteiger partial charge in [-0.25, -0.2) is 0 Å². The molecule has 0 amide bonds. The van der Waals surface area contributed by atoms with E-state index in [-0.39, 0.29) is 5.41 Å². The molecule has 0 nitrogen and oxygen atoms in total. The second-order valence-corrected chi connectivity index (χ2v) is 4.84. The molecule has 0 unspecified atom stereocenters. The molecule has 0 aliphatic heterocycles. The molecule has 1 aromatic rings. The highest BCUT2D eigenvalue weighted by atomic mass is 79.9. The van der Waals surface area contributed by atoms with Gasteiger partial charge < -0.3 is 0 Å². The fourth-order valence-electron chi connectivity index (χ4n) is 1.73. The first-order valence-electron chi connectivity index (χ1n) is 4.88. The van der Waals surface area contributed by atoms with Crippen molar-refractivity contribution in [1.82, 2.24) is 0 Å². The fourth-order valence-corrected chi connectivity index (χ4v) is 4.05. The van der Waals surface area contributed by atoms with Crippen LogP contribution in [0.5, 0.6) is 0 Å². The largest absolute Gasteiger partial charge is 0.0918 e. The molecule has 78 valence electrons. The Morgan fingerprint density at radius 3 is 2.14 bits per heavy atom. The SMILES string of the molecule is CCC(CBr)(CBr)c1ccccc1C. The van der Waals surface area contributed by atoms with E-state index in [0.29, 0.717) is 0 Å². The first kappa shape index (κ1) is 12.3. The van der Waals surface area contributed by atoms with Crippen molar-refractivity contribution in [1.29, 1.82) is 0 Å². The summed E-state index contributed by atoms with van der Waals surface area (Å²) in [5.74, 6) is 0. The van der Waals surface area contributed by atoms with Crippen molar-refractivity contribution in [3.8, 4) is 0 Å². The third-order valence-corrected chi connectivity index (χ3v) is 5.05. The smallest absolute Gasteiger partial charge is 0.0147 e. The monoisotopic (exact) mass is 318 g/mol.